The lowest BCUT2D eigenvalue weighted by Crippen LogP contribution is -2.47. The molecule has 2 aliphatic rings. The molecule has 3 N–H and O–H groups in total. The first kappa shape index (κ1) is 22.4. The van der Waals surface area contributed by atoms with Gasteiger partial charge in [0.05, 0.1) is 0 Å². The molecule has 2 heterocycles. The van der Waals surface area contributed by atoms with Gasteiger partial charge in [-0.2, -0.15) is 0 Å². The second kappa shape index (κ2) is 10.7. The molecule has 7 nitrogen and oxygen atoms in total. The largest absolute Gasteiger partial charge is 0.396 e. The molecule has 3 rings (SSSR count). The number of carbonyl (C=O) groups is 2. The van der Waals surface area contributed by atoms with E-state index in [-0.39, 0.29) is 36.7 Å². The van der Waals surface area contributed by atoms with Crippen LogP contribution in [0.5, 0.6) is 0 Å². The Morgan fingerprint density at radius 2 is 1.70 bits per heavy atom. The standard InChI is InChI=1S/C21H30F2N4O3/c22-16-13-15(24-18-5-6-19(29)25-21(18)30)14-17(23)20(16)27-10-8-26(9-11-27)7-3-1-2-4-12-28/h13-14,18,24,28H,1-12H2,(H,25,29,30). The van der Waals surface area contributed by atoms with Crippen LogP contribution in [-0.4, -0.2) is 67.2 Å². The molecule has 0 bridgehead atoms. The van der Waals surface area contributed by atoms with Crippen molar-refractivity contribution in [2.24, 2.45) is 0 Å². The molecule has 2 amide bonds. The molecule has 1 aromatic rings. The summed E-state index contributed by atoms with van der Waals surface area (Å²) < 4.78 is 29.4. The minimum Gasteiger partial charge on any atom is -0.396 e. The van der Waals surface area contributed by atoms with Gasteiger partial charge in [-0.05, 0) is 37.9 Å². The SMILES string of the molecule is O=C1CCC(Nc2cc(F)c(N3CCN(CCCCCCO)CC3)c(F)c2)C(=O)N1. The molecule has 0 aliphatic carbocycles. The normalized spacial score (nSPS) is 20.4. The Labute approximate surface area is 175 Å². The van der Waals surface area contributed by atoms with Crippen molar-refractivity contribution < 1.29 is 23.5 Å². The Morgan fingerprint density at radius 3 is 2.33 bits per heavy atom. The lowest BCUT2D eigenvalue weighted by molar-refractivity contribution is -0.133. The van der Waals surface area contributed by atoms with Crippen LogP contribution in [0.15, 0.2) is 12.1 Å². The van der Waals surface area contributed by atoms with Crippen LogP contribution in [-0.2, 0) is 9.59 Å². The van der Waals surface area contributed by atoms with Crippen molar-refractivity contribution in [3.8, 4) is 0 Å². The van der Waals surface area contributed by atoms with Crippen LogP contribution in [0.25, 0.3) is 0 Å². The Kier molecular flexibility index (Phi) is 7.98. The summed E-state index contributed by atoms with van der Waals surface area (Å²) in [5.74, 6) is -2.15. The topological polar surface area (TPSA) is 84.9 Å². The number of halogens is 2. The van der Waals surface area contributed by atoms with Gasteiger partial charge in [-0.15, -0.1) is 0 Å². The van der Waals surface area contributed by atoms with E-state index in [1.165, 1.54) is 12.1 Å². The molecule has 1 unspecified atom stereocenters. The quantitative estimate of drug-likeness (QED) is 0.415. The number of aliphatic hydroxyl groups is 1. The van der Waals surface area contributed by atoms with Gasteiger partial charge in [0.25, 0.3) is 0 Å². The summed E-state index contributed by atoms with van der Waals surface area (Å²) in [6.07, 6.45) is 4.47. The number of aliphatic hydroxyl groups excluding tert-OH is 1. The number of nitrogens with one attached hydrogen (secondary N) is 2. The minimum absolute atomic E-state index is 0.0357. The van der Waals surface area contributed by atoms with E-state index in [2.05, 4.69) is 15.5 Å². The predicted molar refractivity (Wildman–Crippen MR) is 110 cm³/mol. The van der Waals surface area contributed by atoms with Crippen molar-refractivity contribution in [2.45, 2.75) is 44.6 Å². The van der Waals surface area contributed by atoms with Gasteiger partial charge in [-0.1, -0.05) is 12.8 Å². The Hall–Kier alpha value is -2.26. The molecule has 30 heavy (non-hydrogen) atoms. The predicted octanol–water partition coefficient (Wildman–Crippen LogP) is 1.86. The Bertz CT molecular complexity index is 731. The highest BCUT2D eigenvalue weighted by atomic mass is 19.1. The van der Waals surface area contributed by atoms with E-state index >= 15 is 0 Å². The number of piperazine rings is 1. The monoisotopic (exact) mass is 424 g/mol. The Morgan fingerprint density at radius 1 is 1.03 bits per heavy atom. The van der Waals surface area contributed by atoms with Gasteiger partial charge in [0.1, 0.15) is 11.7 Å². The summed E-state index contributed by atoms with van der Waals surface area (Å²) in [5.41, 5.74) is 0.149. The Balaban J connectivity index is 1.53. The fraction of sp³-hybridized carbons (Fsp3) is 0.619. The van der Waals surface area contributed by atoms with Crippen molar-refractivity contribution in [1.29, 1.82) is 0 Å². The molecule has 9 heteroatoms. The number of hydrogen-bond acceptors (Lipinski definition) is 6. The number of anilines is 2. The van der Waals surface area contributed by atoms with E-state index in [1.54, 1.807) is 4.90 Å². The maximum atomic E-state index is 14.7. The first-order valence-electron chi connectivity index (χ1n) is 10.7. The van der Waals surface area contributed by atoms with E-state index in [4.69, 9.17) is 5.11 Å². The van der Waals surface area contributed by atoms with Gasteiger partial charge in [0.15, 0.2) is 11.6 Å². The molecule has 0 radical (unpaired) electrons. The molecule has 1 atom stereocenters. The zero-order chi connectivity index (χ0) is 21.5. The molecule has 2 saturated heterocycles. The zero-order valence-electron chi connectivity index (χ0n) is 17.1. The van der Waals surface area contributed by atoms with E-state index in [0.717, 1.165) is 45.3 Å². The lowest BCUT2D eigenvalue weighted by Gasteiger charge is -2.36. The fourth-order valence-electron chi connectivity index (χ4n) is 3.98. The summed E-state index contributed by atoms with van der Waals surface area (Å²) in [4.78, 5) is 27.1. The van der Waals surface area contributed by atoms with Gasteiger partial charge in [0.2, 0.25) is 11.8 Å². The van der Waals surface area contributed by atoms with Crippen molar-refractivity contribution in [3.05, 3.63) is 23.8 Å². The van der Waals surface area contributed by atoms with Gasteiger partial charge < -0.3 is 15.3 Å². The maximum Gasteiger partial charge on any atom is 0.249 e. The number of imide groups is 1. The molecule has 0 saturated carbocycles. The molecule has 1 aromatic carbocycles. The van der Waals surface area contributed by atoms with Crippen LogP contribution >= 0.6 is 0 Å². The highest BCUT2D eigenvalue weighted by Crippen LogP contribution is 2.29. The van der Waals surface area contributed by atoms with Gasteiger partial charge in [0, 0.05) is 44.9 Å². The molecular weight excluding hydrogens is 394 g/mol. The maximum absolute atomic E-state index is 14.7. The summed E-state index contributed by atoms with van der Waals surface area (Å²) in [7, 11) is 0. The second-order valence-electron chi connectivity index (χ2n) is 7.90. The highest BCUT2D eigenvalue weighted by Gasteiger charge is 2.28. The van der Waals surface area contributed by atoms with Gasteiger partial charge in [-0.25, -0.2) is 8.78 Å². The average molecular weight is 424 g/mol. The van der Waals surface area contributed by atoms with Crippen molar-refractivity contribution in [1.82, 2.24) is 10.2 Å². The summed E-state index contributed by atoms with van der Waals surface area (Å²) >= 11 is 0. The van der Waals surface area contributed by atoms with Crippen molar-refractivity contribution >= 4 is 23.2 Å². The van der Waals surface area contributed by atoms with Crippen molar-refractivity contribution in [2.75, 3.05) is 49.5 Å². The van der Waals surface area contributed by atoms with Crippen LogP contribution in [0.3, 0.4) is 0 Å². The number of hydrogen-bond donors (Lipinski definition) is 3. The average Bonchev–Trinajstić information content (AvgIpc) is 2.70. The first-order valence-corrected chi connectivity index (χ1v) is 10.7. The molecule has 0 aromatic heterocycles. The lowest BCUT2D eigenvalue weighted by atomic mass is 10.1. The van der Waals surface area contributed by atoms with Crippen LogP contribution in [0.2, 0.25) is 0 Å². The van der Waals surface area contributed by atoms with Crippen LogP contribution < -0.4 is 15.5 Å². The van der Waals surface area contributed by atoms with E-state index < -0.39 is 23.6 Å². The van der Waals surface area contributed by atoms with Crippen LogP contribution in [0, 0.1) is 11.6 Å². The number of amides is 2. The van der Waals surface area contributed by atoms with Crippen LogP contribution in [0.1, 0.15) is 38.5 Å². The number of rotatable bonds is 9. The van der Waals surface area contributed by atoms with Gasteiger partial charge in [-0.3, -0.25) is 19.8 Å². The van der Waals surface area contributed by atoms with E-state index in [9.17, 15) is 18.4 Å². The fourth-order valence-corrected chi connectivity index (χ4v) is 3.98. The first-order chi connectivity index (χ1) is 14.5. The summed E-state index contributed by atoms with van der Waals surface area (Å²) in [6, 6.07) is 1.72. The number of piperidine rings is 1. The number of nitrogens with zero attached hydrogens (tertiary/aromatic N) is 2. The zero-order valence-corrected chi connectivity index (χ0v) is 17.1. The highest BCUT2D eigenvalue weighted by molar-refractivity contribution is 6.01. The molecule has 166 valence electrons. The number of unbranched alkanes of at least 4 members (excludes halogenated alkanes) is 3. The molecule has 0 spiro atoms. The third-order valence-electron chi connectivity index (χ3n) is 5.67. The van der Waals surface area contributed by atoms with E-state index in [1.807, 2.05) is 0 Å². The van der Waals surface area contributed by atoms with Crippen molar-refractivity contribution in [3.63, 3.8) is 0 Å². The minimum atomic E-state index is -0.687. The molecule has 2 fully saturated rings. The van der Waals surface area contributed by atoms with Gasteiger partial charge >= 0.3 is 0 Å². The number of carbonyl (C=O) groups excluding carboxylic acids is 2. The third kappa shape index (κ3) is 5.89. The van der Waals surface area contributed by atoms with Crippen LogP contribution in [0.4, 0.5) is 20.2 Å². The molecule has 2 aliphatic heterocycles. The smallest absolute Gasteiger partial charge is 0.249 e. The summed E-state index contributed by atoms with van der Waals surface area (Å²) in [5, 5.41) is 13.8. The summed E-state index contributed by atoms with van der Waals surface area (Å²) in [6.45, 7) is 3.77. The molecular formula is C21H30F2N4O3. The second-order valence-corrected chi connectivity index (χ2v) is 7.90. The third-order valence-corrected chi connectivity index (χ3v) is 5.67. The van der Waals surface area contributed by atoms with E-state index in [0.29, 0.717) is 13.1 Å². The number of benzene rings is 1.